The molecule has 0 spiro atoms. The molecule has 3 nitrogen and oxygen atoms in total. The molecule has 0 aliphatic heterocycles. The van der Waals surface area contributed by atoms with Gasteiger partial charge in [-0.3, -0.25) is 4.79 Å². The van der Waals surface area contributed by atoms with Gasteiger partial charge < -0.3 is 9.64 Å². The van der Waals surface area contributed by atoms with Crippen molar-refractivity contribution in [2.24, 2.45) is 0 Å². The fourth-order valence-electron chi connectivity index (χ4n) is 1.74. The number of ether oxygens (including phenoxy) is 1. The highest BCUT2D eigenvalue weighted by molar-refractivity contribution is 5.69. The Kier molecular flexibility index (Phi) is 8.43. The monoisotopic (exact) mass is 299 g/mol. The third kappa shape index (κ3) is 7.48. The number of nitrogens with zero attached hydrogens (tertiary/aromatic N) is 1. The zero-order valence-corrected chi connectivity index (χ0v) is 13.7. The summed E-state index contributed by atoms with van der Waals surface area (Å²) in [7, 11) is 4.07. The fraction of sp³-hybridized carbons (Fsp3) is 0.316. The maximum absolute atomic E-state index is 11.0. The average molecular weight is 299 g/mol. The molecule has 0 aliphatic rings. The standard InChI is InChI=1S/C11H14O2.C8H11N/c1-2-6-11(12)13-9-10-7-4-3-5-8-10;1-9(2)8-6-4-3-5-7-8/h3-5,7-8H,2,6,9H2,1H3;3-7H,1-2H3. The summed E-state index contributed by atoms with van der Waals surface area (Å²) >= 11 is 0. The molecule has 0 unspecified atom stereocenters. The molecule has 22 heavy (non-hydrogen) atoms. The van der Waals surface area contributed by atoms with E-state index in [9.17, 15) is 4.79 Å². The van der Waals surface area contributed by atoms with Gasteiger partial charge in [-0.25, -0.2) is 0 Å². The maximum Gasteiger partial charge on any atom is 0.306 e. The van der Waals surface area contributed by atoms with Crippen LogP contribution in [0.3, 0.4) is 0 Å². The Bertz CT molecular complexity index is 524. The topological polar surface area (TPSA) is 29.5 Å². The number of rotatable bonds is 5. The molecular formula is C19H25NO2. The normalized spacial score (nSPS) is 9.41. The summed E-state index contributed by atoms with van der Waals surface area (Å²) in [6.07, 6.45) is 1.35. The molecule has 0 saturated carbocycles. The lowest BCUT2D eigenvalue weighted by molar-refractivity contribution is -0.144. The molecule has 0 atom stereocenters. The number of benzene rings is 2. The van der Waals surface area contributed by atoms with E-state index in [-0.39, 0.29) is 5.97 Å². The summed E-state index contributed by atoms with van der Waals surface area (Å²) in [5, 5.41) is 0. The summed E-state index contributed by atoms with van der Waals surface area (Å²) in [6, 6.07) is 20.0. The number of para-hydroxylation sites is 1. The number of carbonyl (C=O) groups is 1. The molecule has 0 N–H and O–H groups in total. The molecule has 0 fully saturated rings. The Labute approximate surface area is 133 Å². The molecule has 2 aromatic rings. The van der Waals surface area contributed by atoms with Crippen molar-refractivity contribution in [1.29, 1.82) is 0 Å². The predicted molar refractivity (Wildman–Crippen MR) is 91.9 cm³/mol. The number of hydrogen-bond acceptors (Lipinski definition) is 3. The molecule has 0 bridgehead atoms. The van der Waals surface area contributed by atoms with E-state index in [2.05, 4.69) is 17.0 Å². The minimum absolute atomic E-state index is 0.119. The summed E-state index contributed by atoms with van der Waals surface area (Å²) in [5.41, 5.74) is 2.28. The lowest BCUT2D eigenvalue weighted by atomic mass is 10.2. The number of anilines is 1. The Morgan fingerprint density at radius 2 is 1.50 bits per heavy atom. The van der Waals surface area contributed by atoms with E-state index in [1.54, 1.807) is 0 Å². The van der Waals surface area contributed by atoms with Crippen molar-refractivity contribution in [3.05, 3.63) is 66.2 Å². The Morgan fingerprint density at radius 1 is 0.955 bits per heavy atom. The lowest BCUT2D eigenvalue weighted by Gasteiger charge is -2.10. The highest BCUT2D eigenvalue weighted by Crippen LogP contribution is 2.07. The largest absolute Gasteiger partial charge is 0.461 e. The number of hydrogen-bond donors (Lipinski definition) is 0. The van der Waals surface area contributed by atoms with Crippen LogP contribution >= 0.6 is 0 Å². The van der Waals surface area contributed by atoms with Crippen molar-refractivity contribution in [2.75, 3.05) is 19.0 Å². The predicted octanol–water partition coefficient (Wildman–Crippen LogP) is 4.28. The van der Waals surface area contributed by atoms with Crippen molar-refractivity contribution in [2.45, 2.75) is 26.4 Å². The Morgan fingerprint density at radius 3 is 1.95 bits per heavy atom. The molecule has 2 aromatic carbocycles. The SMILES string of the molecule is CCCC(=O)OCc1ccccc1.CN(C)c1ccccc1. The van der Waals surface area contributed by atoms with Crippen LogP contribution in [0.25, 0.3) is 0 Å². The van der Waals surface area contributed by atoms with Gasteiger partial charge in [0.1, 0.15) is 6.61 Å². The third-order valence-corrected chi connectivity index (χ3v) is 2.97. The highest BCUT2D eigenvalue weighted by atomic mass is 16.5. The second-order valence-electron chi connectivity index (χ2n) is 5.13. The van der Waals surface area contributed by atoms with Gasteiger partial charge in [-0.05, 0) is 24.1 Å². The van der Waals surface area contributed by atoms with Gasteiger partial charge in [0.05, 0.1) is 0 Å². The smallest absolute Gasteiger partial charge is 0.306 e. The van der Waals surface area contributed by atoms with Gasteiger partial charge in [0.15, 0.2) is 0 Å². The van der Waals surface area contributed by atoms with Crippen LogP contribution in [0, 0.1) is 0 Å². The van der Waals surface area contributed by atoms with Crippen LogP contribution in [0.2, 0.25) is 0 Å². The summed E-state index contributed by atoms with van der Waals surface area (Å²) in [4.78, 5) is 13.1. The van der Waals surface area contributed by atoms with Gasteiger partial charge in [0.2, 0.25) is 0 Å². The van der Waals surface area contributed by atoms with Gasteiger partial charge in [-0.1, -0.05) is 55.5 Å². The minimum Gasteiger partial charge on any atom is -0.461 e. The first-order valence-electron chi connectivity index (χ1n) is 7.55. The van der Waals surface area contributed by atoms with Crippen LogP contribution < -0.4 is 4.90 Å². The van der Waals surface area contributed by atoms with E-state index >= 15 is 0 Å². The van der Waals surface area contributed by atoms with Crippen molar-refractivity contribution < 1.29 is 9.53 Å². The van der Waals surface area contributed by atoms with Crippen LogP contribution in [-0.4, -0.2) is 20.1 Å². The van der Waals surface area contributed by atoms with Gasteiger partial charge in [0.25, 0.3) is 0 Å². The second-order valence-corrected chi connectivity index (χ2v) is 5.13. The van der Waals surface area contributed by atoms with E-state index in [1.165, 1.54) is 5.69 Å². The molecule has 0 aliphatic carbocycles. The van der Waals surface area contributed by atoms with E-state index in [4.69, 9.17) is 4.74 Å². The molecule has 0 aromatic heterocycles. The third-order valence-electron chi connectivity index (χ3n) is 2.97. The van der Waals surface area contributed by atoms with Gasteiger partial charge in [-0.2, -0.15) is 0 Å². The highest BCUT2D eigenvalue weighted by Gasteiger charge is 2.00. The first-order valence-corrected chi connectivity index (χ1v) is 7.55. The molecule has 118 valence electrons. The number of carbonyl (C=O) groups excluding carboxylic acids is 1. The zero-order valence-electron chi connectivity index (χ0n) is 13.7. The van der Waals surface area contributed by atoms with Crippen LogP contribution in [0.5, 0.6) is 0 Å². The van der Waals surface area contributed by atoms with E-state index in [0.29, 0.717) is 13.0 Å². The molecule has 2 rings (SSSR count). The van der Waals surface area contributed by atoms with E-state index in [1.807, 2.05) is 69.6 Å². The first-order chi connectivity index (χ1) is 10.6. The van der Waals surface area contributed by atoms with Crippen molar-refractivity contribution in [1.82, 2.24) is 0 Å². The second kappa shape index (κ2) is 10.4. The summed E-state index contributed by atoms with van der Waals surface area (Å²) < 4.78 is 5.03. The average Bonchev–Trinajstić information content (AvgIpc) is 2.56. The van der Waals surface area contributed by atoms with Crippen molar-refractivity contribution in [3.63, 3.8) is 0 Å². The molecule has 0 radical (unpaired) electrons. The minimum atomic E-state index is -0.119. The van der Waals surface area contributed by atoms with Crippen LogP contribution in [0.1, 0.15) is 25.3 Å². The maximum atomic E-state index is 11.0. The van der Waals surface area contributed by atoms with E-state index < -0.39 is 0 Å². The van der Waals surface area contributed by atoms with E-state index in [0.717, 1.165) is 12.0 Å². The fourth-order valence-corrected chi connectivity index (χ4v) is 1.74. The first kappa shape index (κ1) is 17.8. The number of esters is 1. The molecule has 3 heteroatoms. The zero-order chi connectivity index (χ0) is 16.2. The van der Waals surface area contributed by atoms with Crippen LogP contribution in [0.15, 0.2) is 60.7 Å². The van der Waals surface area contributed by atoms with Crippen LogP contribution in [0.4, 0.5) is 5.69 Å². The quantitative estimate of drug-likeness (QED) is 0.772. The van der Waals surface area contributed by atoms with Crippen molar-refractivity contribution in [3.8, 4) is 0 Å². The molecule has 0 heterocycles. The molecule has 0 amide bonds. The molecule has 0 saturated heterocycles. The summed E-state index contributed by atoms with van der Waals surface area (Å²) in [6.45, 7) is 2.35. The van der Waals surface area contributed by atoms with Gasteiger partial charge in [-0.15, -0.1) is 0 Å². The van der Waals surface area contributed by atoms with Gasteiger partial charge >= 0.3 is 5.97 Å². The lowest BCUT2D eigenvalue weighted by Crippen LogP contribution is -2.07. The Hall–Kier alpha value is -2.29. The Balaban J connectivity index is 0.000000235. The van der Waals surface area contributed by atoms with Gasteiger partial charge in [0, 0.05) is 26.2 Å². The van der Waals surface area contributed by atoms with Crippen molar-refractivity contribution >= 4 is 11.7 Å². The molecular weight excluding hydrogens is 274 g/mol. The van der Waals surface area contributed by atoms with Crippen LogP contribution in [-0.2, 0) is 16.1 Å². The summed E-state index contributed by atoms with van der Waals surface area (Å²) in [5.74, 6) is -0.119.